The number of nitrogens with zero attached hydrogens (tertiary/aromatic N) is 1. The minimum atomic E-state index is -0.621. The largest absolute Gasteiger partial charge is 0.468 e. The van der Waals surface area contributed by atoms with Crippen LogP contribution in [0.2, 0.25) is 0 Å². The van der Waals surface area contributed by atoms with Crippen LogP contribution in [0.4, 0.5) is 0 Å². The zero-order valence-electron chi connectivity index (χ0n) is 12.5. The first-order valence-electron chi connectivity index (χ1n) is 6.88. The number of carbonyl (C=O) groups excluding carboxylic acids is 1. The Balaban J connectivity index is 2.10. The number of likely N-dealkylation sites (tertiary alicyclic amines) is 1. The van der Waals surface area contributed by atoms with Gasteiger partial charge >= 0.3 is 5.97 Å². The molecular formula is C15H22N2O4. The van der Waals surface area contributed by atoms with Gasteiger partial charge in [0, 0.05) is 13.1 Å². The van der Waals surface area contributed by atoms with Crippen LogP contribution in [0.1, 0.15) is 12.0 Å². The maximum atomic E-state index is 12.0. The van der Waals surface area contributed by atoms with Crippen LogP contribution in [0, 0.1) is 0 Å². The summed E-state index contributed by atoms with van der Waals surface area (Å²) in [4.78, 5) is 23.6. The molecule has 0 unspecified atom stereocenters. The predicted octanol–water partition coefficient (Wildman–Crippen LogP) is 0.709. The van der Waals surface area contributed by atoms with E-state index in [-0.39, 0.29) is 18.6 Å². The summed E-state index contributed by atoms with van der Waals surface area (Å²) >= 11 is 0. The molecule has 2 rings (SSSR count). The van der Waals surface area contributed by atoms with Crippen LogP contribution in [0.3, 0.4) is 0 Å². The number of esters is 1. The fourth-order valence-corrected chi connectivity index (χ4v) is 2.73. The second-order valence-electron chi connectivity index (χ2n) is 5.42. The smallest absolute Gasteiger partial charge is 0.323 e. The number of nitrogens with two attached hydrogens (primary N) is 1. The second kappa shape index (κ2) is 7.00. The molecule has 1 aliphatic heterocycles. The van der Waals surface area contributed by atoms with Gasteiger partial charge in [-0.25, -0.2) is 9.78 Å². The van der Waals surface area contributed by atoms with E-state index in [0.29, 0.717) is 19.5 Å². The zero-order chi connectivity index (χ0) is 15.3. The summed E-state index contributed by atoms with van der Waals surface area (Å²) in [5.41, 5.74) is 6.82. The third-order valence-corrected chi connectivity index (χ3v) is 3.72. The van der Waals surface area contributed by atoms with Crippen molar-refractivity contribution in [2.75, 3.05) is 27.4 Å². The molecule has 1 aliphatic rings. The molecule has 0 aliphatic carbocycles. The maximum absolute atomic E-state index is 12.0. The van der Waals surface area contributed by atoms with Crippen LogP contribution in [-0.4, -0.2) is 49.8 Å². The number of hydrogen-bond acceptors (Lipinski definition) is 6. The van der Waals surface area contributed by atoms with Crippen LogP contribution in [0.15, 0.2) is 30.3 Å². The van der Waals surface area contributed by atoms with E-state index in [1.165, 1.54) is 14.2 Å². The minimum Gasteiger partial charge on any atom is -0.468 e. The molecule has 0 bridgehead atoms. The van der Waals surface area contributed by atoms with E-state index >= 15 is 0 Å². The Bertz CT molecular complexity index is 468. The number of hydrogen-bond donors (Lipinski definition) is 1. The Labute approximate surface area is 124 Å². The van der Waals surface area contributed by atoms with Crippen molar-refractivity contribution in [3.05, 3.63) is 35.9 Å². The van der Waals surface area contributed by atoms with E-state index in [1.807, 2.05) is 35.2 Å². The summed E-state index contributed by atoms with van der Waals surface area (Å²) < 4.78 is 4.89. The number of ether oxygens (including phenoxy) is 1. The standard InChI is InChI=1S/C15H22N2O4/c1-19-14(18)13-8-15(16,11-21-20-2)10-17(13)9-12-6-4-3-5-7-12/h3-7,13H,8-11,16H2,1-2H3/t13-,15+/m0/s1. The van der Waals surface area contributed by atoms with Crippen molar-refractivity contribution in [1.82, 2.24) is 4.90 Å². The fraction of sp³-hybridized carbons (Fsp3) is 0.533. The van der Waals surface area contributed by atoms with Gasteiger partial charge in [0.2, 0.25) is 0 Å². The van der Waals surface area contributed by atoms with Gasteiger partial charge in [0.25, 0.3) is 0 Å². The van der Waals surface area contributed by atoms with Crippen molar-refractivity contribution in [3.8, 4) is 0 Å². The predicted molar refractivity (Wildman–Crippen MR) is 77.2 cm³/mol. The molecule has 116 valence electrons. The van der Waals surface area contributed by atoms with Crippen LogP contribution in [0.5, 0.6) is 0 Å². The summed E-state index contributed by atoms with van der Waals surface area (Å²) in [5.74, 6) is -0.268. The lowest BCUT2D eigenvalue weighted by Gasteiger charge is -2.24. The van der Waals surface area contributed by atoms with Crippen LogP contribution >= 0.6 is 0 Å². The Hall–Kier alpha value is -1.47. The van der Waals surface area contributed by atoms with E-state index in [2.05, 4.69) is 4.89 Å². The molecule has 1 aromatic carbocycles. The van der Waals surface area contributed by atoms with E-state index in [9.17, 15) is 4.79 Å². The Morgan fingerprint density at radius 3 is 2.71 bits per heavy atom. The van der Waals surface area contributed by atoms with Crippen LogP contribution in [0.25, 0.3) is 0 Å². The average molecular weight is 294 g/mol. The van der Waals surface area contributed by atoms with Crippen molar-refractivity contribution in [1.29, 1.82) is 0 Å². The van der Waals surface area contributed by atoms with Gasteiger partial charge in [-0.15, -0.1) is 0 Å². The first-order valence-corrected chi connectivity index (χ1v) is 6.88. The lowest BCUT2D eigenvalue weighted by Crippen LogP contribution is -2.46. The number of methoxy groups -OCH3 is 1. The summed E-state index contributed by atoms with van der Waals surface area (Å²) in [6.45, 7) is 1.43. The van der Waals surface area contributed by atoms with Gasteiger partial charge in [-0.1, -0.05) is 30.3 Å². The maximum Gasteiger partial charge on any atom is 0.323 e. The molecule has 0 amide bonds. The molecule has 0 spiro atoms. The highest BCUT2D eigenvalue weighted by Crippen LogP contribution is 2.28. The molecular weight excluding hydrogens is 272 g/mol. The van der Waals surface area contributed by atoms with Crippen molar-refractivity contribution in [3.63, 3.8) is 0 Å². The topological polar surface area (TPSA) is 74.0 Å². The highest BCUT2D eigenvalue weighted by Gasteiger charge is 2.45. The van der Waals surface area contributed by atoms with Crippen molar-refractivity contribution in [2.24, 2.45) is 5.73 Å². The third-order valence-electron chi connectivity index (χ3n) is 3.72. The molecule has 1 heterocycles. The molecule has 1 aromatic rings. The van der Waals surface area contributed by atoms with Crippen LogP contribution < -0.4 is 5.73 Å². The monoisotopic (exact) mass is 294 g/mol. The average Bonchev–Trinajstić information content (AvgIpc) is 2.83. The summed E-state index contributed by atoms with van der Waals surface area (Å²) in [6, 6.07) is 9.60. The Morgan fingerprint density at radius 2 is 2.10 bits per heavy atom. The second-order valence-corrected chi connectivity index (χ2v) is 5.42. The van der Waals surface area contributed by atoms with Crippen molar-refractivity contribution in [2.45, 2.75) is 24.5 Å². The van der Waals surface area contributed by atoms with E-state index in [1.54, 1.807) is 0 Å². The van der Waals surface area contributed by atoms with Crippen molar-refractivity contribution < 1.29 is 19.3 Å². The molecule has 2 N–H and O–H groups in total. The summed E-state index contributed by atoms with van der Waals surface area (Å²) in [6.07, 6.45) is 0.482. The Morgan fingerprint density at radius 1 is 1.38 bits per heavy atom. The molecule has 2 atom stereocenters. The SMILES string of the molecule is COOC[C@@]1(N)C[C@@H](C(=O)OC)N(Cc2ccccc2)C1. The molecule has 6 nitrogen and oxygen atoms in total. The molecule has 0 aromatic heterocycles. The molecule has 6 heteroatoms. The van der Waals surface area contributed by atoms with Gasteiger partial charge in [0.05, 0.1) is 19.8 Å². The molecule has 1 saturated heterocycles. The normalized spacial score (nSPS) is 26.0. The van der Waals surface area contributed by atoms with Gasteiger partial charge in [-0.2, -0.15) is 0 Å². The summed E-state index contributed by atoms with van der Waals surface area (Å²) in [5, 5.41) is 0. The van der Waals surface area contributed by atoms with Crippen LogP contribution in [-0.2, 0) is 25.9 Å². The quantitative estimate of drug-likeness (QED) is 0.473. The molecule has 0 saturated carbocycles. The molecule has 1 fully saturated rings. The van der Waals surface area contributed by atoms with Gasteiger partial charge in [-0.3, -0.25) is 9.69 Å². The Kier molecular flexibility index (Phi) is 5.30. The molecule has 21 heavy (non-hydrogen) atoms. The number of rotatable bonds is 6. The van der Waals surface area contributed by atoms with Gasteiger partial charge in [0.15, 0.2) is 0 Å². The first-order chi connectivity index (χ1) is 10.1. The van der Waals surface area contributed by atoms with Gasteiger partial charge in [0.1, 0.15) is 12.6 Å². The van der Waals surface area contributed by atoms with Gasteiger partial charge in [-0.05, 0) is 12.0 Å². The van der Waals surface area contributed by atoms with Crippen molar-refractivity contribution >= 4 is 5.97 Å². The van der Waals surface area contributed by atoms with Gasteiger partial charge < -0.3 is 10.5 Å². The first kappa shape index (κ1) is 15.9. The van der Waals surface area contributed by atoms with E-state index in [0.717, 1.165) is 5.56 Å². The highest BCUT2D eigenvalue weighted by atomic mass is 17.2. The van der Waals surface area contributed by atoms with E-state index in [4.69, 9.17) is 15.4 Å². The molecule has 0 radical (unpaired) electrons. The lowest BCUT2D eigenvalue weighted by atomic mass is 9.99. The number of benzene rings is 1. The number of carbonyl (C=O) groups is 1. The third kappa shape index (κ3) is 4.01. The highest BCUT2D eigenvalue weighted by molar-refractivity contribution is 5.76. The fourth-order valence-electron chi connectivity index (χ4n) is 2.73. The zero-order valence-corrected chi connectivity index (χ0v) is 12.5. The minimum absolute atomic E-state index is 0.238. The summed E-state index contributed by atoms with van der Waals surface area (Å²) in [7, 11) is 2.84. The van der Waals surface area contributed by atoms with E-state index < -0.39 is 5.54 Å². The lowest BCUT2D eigenvalue weighted by molar-refractivity contribution is -0.281.